The summed E-state index contributed by atoms with van der Waals surface area (Å²) >= 11 is 2.04. The first kappa shape index (κ1) is 15.8. The number of anilines is 1. The normalized spacial score (nSPS) is 20.5. The summed E-state index contributed by atoms with van der Waals surface area (Å²) in [5, 5.41) is 0.585. The lowest BCUT2D eigenvalue weighted by Gasteiger charge is -2.37. The van der Waals surface area contributed by atoms with Crippen molar-refractivity contribution in [3.8, 4) is 0 Å². The van der Waals surface area contributed by atoms with Crippen LogP contribution in [0.3, 0.4) is 0 Å². The maximum atomic E-state index is 2.46. The number of hydrogen-bond donors (Lipinski definition) is 0. The summed E-state index contributed by atoms with van der Waals surface area (Å²) in [5.74, 6) is 0. The number of hydrogen-bond acceptors (Lipinski definition) is 3. The zero-order valence-electron chi connectivity index (χ0n) is 14.6. The van der Waals surface area contributed by atoms with Crippen molar-refractivity contribution in [3.05, 3.63) is 65.2 Å². The molecule has 2 aromatic rings. The SMILES string of the molecule is CN1CCC2=C(c3ccc(N(C)C)cc3)c3ccccc3SC2C1. The van der Waals surface area contributed by atoms with Gasteiger partial charge in [-0.15, -0.1) is 11.8 Å². The third-order valence-electron chi connectivity index (χ3n) is 5.05. The Balaban J connectivity index is 1.85. The van der Waals surface area contributed by atoms with Gasteiger partial charge in [-0.2, -0.15) is 0 Å². The van der Waals surface area contributed by atoms with Gasteiger partial charge in [0.2, 0.25) is 0 Å². The van der Waals surface area contributed by atoms with Crippen LogP contribution >= 0.6 is 11.8 Å². The van der Waals surface area contributed by atoms with Crippen LogP contribution in [0.1, 0.15) is 17.5 Å². The van der Waals surface area contributed by atoms with E-state index in [1.807, 2.05) is 11.8 Å². The molecule has 3 heteroatoms. The van der Waals surface area contributed by atoms with Crippen molar-refractivity contribution in [1.82, 2.24) is 4.90 Å². The molecular weight excluding hydrogens is 312 g/mol. The van der Waals surface area contributed by atoms with Gasteiger partial charge in [0.15, 0.2) is 0 Å². The number of thioether (sulfide) groups is 1. The van der Waals surface area contributed by atoms with Gasteiger partial charge in [0.1, 0.15) is 0 Å². The van der Waals surface area contributed by atoms with Crippen molar-refractivity contribution < 1.29 is 0 Å². The van der Waals surface area contributed by atoms with Crippen LogP contribution in [0, 0.1) is 0 Å². The minimum absolute atomic E-state index is 0.585. The van der Waals surface area contributed by atoms with Crippen molar-refractivity contribution in [2.24, 2.45) is 0 Å². The van der Waals surface area contributed by atoms with Crippen LogP contribution in [0.2, 0.25) is 0 Å². The molecule has 0 bridgehead atoms. The first-order valence-corrected chi connectivity index (χ1v) is 9.47. The quantitative estimate of drug-likeness (QED) is 0.804. The molecule has 2 aliphatic heterocycles. The Hall–Kier alpha value is -1.71. The number of nitrogens with zero attached hydrogens (tertiary/aromatic N) is 2. The van der Waals surface area contributed by atoms with Gasteiger partial charge in [-0.25, -0.2) is 0 Å². The lowest BCUT2D eigenvalue weighted by atomic mass is 9.87. The van der Waals surface area contributed by atoms with Crippen molar-refractivity contribution >= 4 is 23.0 Å². The second-order valence-electron chi connectivity index (χ2n) is 6.96. The molecule has 0 amide bonds. The summed E-state index contributed by atoms with van der Waals surface area (Å²) in [6, 6.07) is 18.0. The lowest BCUT2D eigenvalue weighted by Crippen LogP contribution is -2.37. The fourth-order valence-electron chi connectivity index (χ4n) is 3.72. The Kier molecular flexibility index (Phi) is 4.15. The molecule has 0 saturated carbocycles. The largest absolute Gasteiger partial charge is 0.378 e. The molecular formula is C21H24N2S. The Bertz CT molecular complexity index is 777. The first-order valence-electron chi connectivity index (χ1n) is 8.59. The molecule has 4 rings (SSSR count). The summed E-state index contributed by atoms with van der Waals surface area (Å²) in [6.07, 6.45) is 1.17. The molecule has 2 aromatic carbocycles. The second kappa shape index (κ2) is 6.30. The van der Waals surface area contributed by atoms with E-state index in [1.165, 1.54) is 33.7 Å². The monoisotopic (exact) mass is 336 g/mol. The smallest absolute Gasteiger partial charge is 0.0441 e. The van der Waals surface area contributed by atoms with Crippen LogP contribution in [0.15, 0.2) is 59.0 Å². The maximum absolute atomic E-state index is 2.46. The molecule has 124 valence electrons. The van der Waals surface area contributed by atoms with Crippen LogP contribution in [0.5, 0.6) is 0 Å². The minimum Gasteiger partial charge on any atom is -0.378 e. The van der Waals surface area contributed by atoms with Gasteiger partial charge in [0.05, 0.1) is 0 Å². The Morgan fingerprint density at radius 2 is 1.79 bits per heavy atom. The predicted molar refractivity (Wildman–Crippen MR) is 105 cm³/mol. The number of fused-ring (bicyclic) bond motifs is 2. The van der Waals surface area contributed by atoms with E-state index in [0.717, 1.165) is 13.1 Å². The highest BCUT2D eigenvalue weighted by Crippen LogP contribution is 2.47. The highest BCUT2D eigenvalue weighted by atomic mass is 32.2. The molecule has 2 heterocycles. The zero-order valence-corrected chi connectivity index (χ0v) is 15.4. The summed E-state index contributed by atoms with van der Waals surface area (Å²) in [6.45, 7) is 2.31. The number of rotatable bonds is 2. The van der Waals surface area contributed by atoms with Crippen LogP contribution in [-0.2, 0) is 0 Å². The molecule has 0 aliphatic carbocycles. The second-order valence-corrected chi connectivity index (χ2v) is 8.20. The average Bonchev–Trinajstić information content (AvgIpc) is 2.59. The lowest BCUT2D eigenvalue weighted by molar-refractivity contribution is 0.317. The summed E-state index contributed by atoms with van der Waals surface area (Å²) < 4.78 is 0. The maximum Gasteiger partial charge on any atom is 0.0441 e. The molecule has 0 aromatic heterocycles. The molecule has 0 N–H and O–H groups in total. The van der Waals surface area contributed by atoms with E-state index < -0.39 is 0 Å². The summed E-state index contributed by atoms with van der Waals surface area (Å²) in [4.78, 5) is 6.04. The van der Waals surface area contributed by atoms with E-state index in [2.05, 4.69) is 79.5 Å². The van der Waals surface area contributed by atoms with Crippen molar-refractivity contribution in [2.75, 3.05) is 39.1 Å². The molecule has 2 nitrogen and oxygen atoms in total. The van der Waals surface area contributed by atoms with Crippen LogP contribution < -0.4 is 4.90 Å². The van der Waals surface area contributed by atoms with Crippen molar-refractivity contribution in [1.29, 1.82) is 0 Å². The van der Waals surface area contributed by atoms with Gasteiger partial charge in [0, 0.05) is 43.0 Å². The van der Waals surface area contributed by atoms with Gasteiger partial charge in [-0.1, -0.05) is 30.3 Å². The summed E-state index contributed by atoms with van der Waals surface area (Å²) in [7, 11) is 6.43. The highest BCUT2D eigenvalue weighted by Gasteiger charge is 2.31. The standard InChI is InChI=1S/C21H24N2S/c1-22(2)16-10-8-15(9-11-16)21-17-6-4-5-7-19(17)24-20-14-23(3)13-12-18(20)21/h4-11,20H,12-14H2,1-3H3. The van der Waals surface area contributed by atoms with E-state index in [-0.39, 0.29) is 0 Å². The molecule has 1 atom stereocenters. The highest BCUT2D eigenvalue weighted by molar-refractivity contribution is 8.00. The molecule has 2 aliphatic rings. The van der Waals surface area contributed by atoms with Gasteiger partial charge >= 0.3 is 0 Å². The first-order chi connectivity index (χ1) is 11.6. The topological polar surface area (TPSA) is 6.48 Å². The number of piperidine rings is 1. The van der Waals surface area contributed by atoms with Crippen LogP contribution in [0.4, 0.5) is 5.69 Å². The van der Waals surface area contributed by atoms with Gasteiger partial charge in [-0.05, 0) is 53.9 Å². The van der Waals surface area contributed by atoms with E-state index in [0.29, 0.717) is 5.25 Å². The fourth-order valence-corrected chi connectivity index (χ4v) is 5.19. The van der Waals surface area contributed by atoms with E-state index >= 15 is 0 Å². The predicted octanol–water partition coefficient (Wildman–Crippen LogP) is 4.36. The third kappa shape index (κ3) is 2.76. The molecule has 24 heavy (non-hydrogen) atoms. The van der Waals surface area contributed by atoms with Gasteiger partial charge < -0.3 is 9.80 Å². The summed E-state index contributed by atoms with van der Waals surface area (Å²) in [5.41, 5.74) is 7.14. The number of benzene rings is 2. The Labute approximate surface area is 149 Å². The van der Waals surface area contributed by atoms with E-state index in [9.17, 15) is 0 Å². The fraction of sp³-hybridized carbons (Fsp3) is 0.333. The molecule has 0 radical (unpaired) electrons. The minimum atomic E-state index is 0.585. The Morgan fingerprint density at radius 1 is 1.04 bits per heavy atom. The zero-order chi connectivity index (χ0) is 16.7. The average molecular weight is 337 g/mol. The number of likely N-dealkylation sites (tertiary alicyclic amines) is 1. The van der Waals surface area contributed by atoms with E-state index in [1.54, 1.807) is 5.57 Å². The molecule has 1 unspecified atom stereocenters. The van der Waals surface area contributed by atoms with E-state index in [4.69, 9.17) is 0 Å². The van der Waals surface area contributed by atoms with Crippen LogP contribution in [0.25, 0.3) is 5.57 Å². The molecule has 0 spiro atoms. The van der Waals surface area contributed by atoms with Crippen molar-refractivity contribution in [3.63, 3.8) is 0 Å². The molecule has 1 saturated heterocycles. The Morgan fingerprint density at radius 3 is 2.54 bits per heavy atom. The van der Waals surface area contributed by atoms with Crippen LogP contribution in [-0.4, -0.2) is 44.4 Å². The van der Waals surface area contributed by atoms with Gasteiger partial charge in [-0.3, -0.25) is 0 Å². The van der Waals surface area contributed by atoms with Crippen molar-refractivity contribution in [2.45, 2.75) is 16.6 Å². The third-order valence-corrected chi connectivity index (χ3v) is 6.38. The molecule has 1 fully saturated rings. The van der Waals surface area contributed by atoms with Gasteiger partial charge in [0.25, 0.3) is 0 Å².